The number of aromatic nitrogens is 2. The molecule has 0 bridgehead atoms. The van der Waals surface area contributed by atoms with Gasteiger partial charge in [0.2, 0.25) is 0 Å². The zero-order valence-electron chi connectivity index (χ0n) is 11.0. The van der Waals surface area contributed by atoms with Crippen LogP contribution in [0.15, 0.2) is 40.4 Å². The highest BCUT2D eigenvalue weighted by atomic mass is 32.2. The van der Waals surface area contributed by atoms with Crippen LogP contribution in [0, 0.1) is 0 Å². The van der Waals surface area contributed by atoms with Crippen molar-refractivity contribution in [1.82, 2.24) is 10.2 Å². The van der Waals surface area contributed by atoms with Crippen LogP contribution < -0.4 is 4.72 Å². The summed E-state index contributed by atoms with van der Waals surface area (Å²) < 4.78 is 27.0. The quantitative estimate of drug-likeness (QED) is 0.700. The van der Waals surface area contributed by atoms with Gasteiger partial charge < -0.3 is 5.11 Å². The van der Waals surface area contributed by atoms with E-state index in [1.807, 2.05) is 6.92 Å². The lowest BCUT2D eigenvalue weighted by molar-refractivity contribution is 0.0692. The van der Waals surface area contributed by atoms with Crippen molar-refractivity contribution in [2.75, 3.05) is 10.5 Å². The number of hydrogen-bond donors (Lipinski definition) is 3. The van der Waals surface area contributed by atoms with E-state index in [0.29, 0.717) is 5.69 Å². The molecule has 1 aromatic carbocycles. The number of nitrogens with one attached hydrogen (secondary N) is 2. The summed E-state index contributed by atoms with van der Waals surface area (Å²) in [7, 11) is -4.05. The second-order valence-corrected chi connectivity index (χ2v) is 6.88. The van der Waals surface area contributed by atoms with E-state index in [-0.39, 0.29) is 0 Å². The third-order valence-corrected chi connectivity index (χ3v) is 4.83. The topological polar surface area (TPSA) is 112 Å². The van der Waals surface area contributed by atoms with Gasteiger partial charge in [-0.1, -0.05) is 19.1 Å². The van der Waals surface area contributed by atoms with Gasteiger partial charge in [-0.05, 0) is 17.9 Å². The minimum Gasteiger partial charge on any atom is -0.478 e. The average molecular weight is 327 g/mol. The van der Waals surface area contributed by atoms with E-state index in [1.54, 1.807) is 24.3 Å². The van der Waals surface area contributed by atoms with Crippen LogP contribution in [-0.2, 0) is 10.0 Å². The number of carbonyl (C=O) groups is 1. The second-order valence-electron chi connectivity index (χ2n) is 3.95. The Labute approximate surface area is 125 Å². The van der Waals surface area contributed by atoms with Crippen LogP contribution in [0.5, 0.6) is 0 Å². The van der Waals surface area contributed by atoms with Gasteiger partial charge in [-0.25, -0.2) is 4.79 Å². The van der Waals surface area contributed by atoms with Crippen molar-refractivity contribution in [2.45, 2.75) is 16.8 Å². The number of thioether (sulfide) groups is 1. The summed E-state index contributed by atoms with van der Waals surface area (Å²) in [6.45, 7) is 1.95. The molecule has 0 fully saturated rings. The molecule has 2 aromatic rings. The van der Waals surface area contributed by atoms with E-state index < -0.39 is 26.6 Å². The first-order chi connectivity index (χ1) is 9.95. The maximum atomic E-state index is 12.3. The zero-order valence-corrected chi connectivity index (χ0v) is 12.7. The summed E-state index contributed by atoms with van der Waals surface area (Å²) >= 11 is 1.48. The number of aromatic carboxylic acids is 1. The molecular weight excluding hydrogens is 314 g/mol. The molecule has 0 atom stereocenters. The van der Waals surface area contributed by atoms with E-state index in [9.17, 15) is 13.2 Å². The molecular formula is C12H13N3O4S2. The molecule has 1 aromatic heterocycles. The molecule has 0 aliphatic rings. The summed E-state index contributed by atoms with van der Waals surface area (Å²) in [6, 6.07) is 6.90. The van der Waals surface area contributed by atoms with Gasteiger partial charge in [0.15, 0.2) is 5.03 Å². The number of H-pyrrole nitrogens is 1. The van der Waals surface area contributed by atoms with Crippen molar-refractivity contribution in [3.05, 3.63) is 36.0 Å². The number of nitrogens with zero attached hydrogens (tertiary/aromatic N) is 1. The molecule has 0 saturated heterocycles. The number of sulfonamides is 1. The van der Waals surface area contributed by atoms with Crippen molar-refractivity contribution in [3.63, 3.8) is 0 Å². The van der Waals surface area contributed by atoms with E-state index in [4.69, 9.17) is 5.11 Å². The Bertz CT molecular complexity index is 755. The molecule has 0 aliphatic heterocycles. The standard InChI is InChI=1S/C12H13N3O4S2/c1-2-20-10-6-4-3-5-9(10)15-21(18,19)11-8(12(16)17)7-13-14-11/h3-7,15H,2H2,1H3,(H,13,14)(H,16,17). The Morgan fingerprint density at radius 3 is 2.81 bits per heavy atom. The lowest BCUT2D eigenvalue weighted by Crippen LogP contribution is -2.17. The highest BCUT2D eigenvalue weighted by Gasteiger charge is 2.25. The van der Waals surface area contributed by atoms with Crippen molar-refractivity contribution in [1.29, 1.82) is 0 Å². The Morgan fingerprint density at radius 2 is 2.14 bits per heavy atom. The van der Waals surface area contributed by atoms with E-state index in [2.05, 4.69) is 14.9 Å². The highest BCUT2D eigenvalue weighted by Crippen LogP contribution is 2.28. The van der Waals surface area contributed by atoms with Gasteiger partial charge in [0.25, 0.3) is 10.0 Å². The summed E-state index contributed by atoms with van der Waals surface area (Å²) in [4.78, 5) is 11.8. The molecule has 3 N–H and O–H groups in total. The Morgan fingerprint density at radius 1 is 1.43 bits per heavy atom. The molecule has 0 spiro atoms. The van der Waals surface area contributed by atoms with E-state index >= 15 is 0 Å². The zero-order chi connectivity index (χ0) is 15.5. The van der Waals surface area contributed by atoms with E-state index in [0.717, 1.165) is 16.8 Å². The van der Waals surface area contributed by atoms with Crippen LogP contribution >= 0.6 is 11.8 Å². The molecule has 112 valence electrons. The average Bonchev–Trinajstić information content (AvgIpc) is 2.91. The summed E-state index contributed by atoms with van der Waals surface area (Å²) in [5.74, 6) is -0.580. The third kappa shape index (κ3) is 3.37. The van der Waals surface area contributed by atoms with Crippen LogP contribution in [0.2, 0.25) is 0 Å². The Hall–Kier alpha value is -2.00. The normalized spacial score (nSPS) is 11.3. The van der Waals surface area contributed by atoms with Crippen LogP contribution in [0.1, 0.15) is 17.3 Å². The lowest BCUT2D eigenvalue weighted by Gasteiger charge is -2.11. The Kier molecular flexibility index (Phi) is 4.53. The first kappa shape index (κ1) is 15.4. The summed E-state index contributed by atoms with van der Waals surface area (Å²) in [5, 5.41) is 14.2. The maximum absolute atomic E-state index is 12.3. The third-order valence-electron chi connectivity index (χ3n) is 2.53. The second kappa shape index (κ2) is 6.19. The van der Waals surface area contributed by atoms with E-state index in [1.165, 1.54) is 11.8 Å². The molecule has 0 radical (unpaired) electrons. The van der Waals surface area contributed by atoms with Gasteiger partial charge in [0, 0.05) is 4.90 Å². The monoisotopic (exact) mass is 327 g/mol. The van der Waals surface area contributed by atoms with Crippen LogP contribution in [0.4, 0.5) is 5.69 Å². The molecule has 0 unspecified atom stereocenters. The van der Waals surface area contributed by atoms with Crippen molar-refractivity contribution < 1.29 is 18.3 Å². The first-order valence-corrected chi connectivity index (χ1v) is 8.44. The summed E-state index contributed by atoms with van der Waals surface area (Å²) in [5.41, 5.74) is -0.00147. The maximum Gasteiger partial charge on any atom is 0.340 e. The minimum absolute atomic E-state index is 0.398. The minimum atomic E-state index is -4.05. The lowest BCUT2D eigenvalue weighted by atomic mass is 10.3. The van der Waals surface area contributed by atoms with Gasteiger partial charge in [-0.2, -0.15) is 13.5 Å². The fourth-order valence-corrected chi connectivity index (χ4v) is 3.66. The predicted octanol–water partition coefficient (Wildman–Crippen LogP) is 2.02. The van der Waals surface area contributed by atoms with Gasteiger partial charge in [-0.3, -0.25) is 9.82 Å². The number of anilines is 1. The molecule has 21 heavy (non-hydrogen) atoms. The number of para-hydroxylation sites is 1. The van der Waals surface area contributed by atoms with Crippen molar-refractivity contribution in [2.24, 2.45) is 0 Å². The molecule has 0 saturated carbocycles. The van der Waals surface area contributed by atoms with Gasteiger partial charge in [-0.15, -0.1) is 11.8 Å². The smallest absolute Gasteiger partial charge is 0.340 e. The fourth-order valence-electron chi connectivity index (χ4n) is 1.66. The predicted molar refractivity (Wildman–Crippen MR) is 79.2 cm³/mol. The van der Waals surface area contributed by atoms with Crippen LogP contribution in [-0.4, -0.2) is 35.4 Å². The molecule has 0 aliphatic carbocycles. The molecule has 1 heterocycles. The highest BCUT2D eigenvalue weighted by molar-refractivity contribution is 7.99. The molecule has 7 nitrogen and oxygen atoms in total. The van der Waals surface area contributed by atoms with Gasteiger partial charge >= 0.3 is 5.97 Å². The van der Waals surface area contributed by atoms with Gasteiger partial charge in [0.1, 0.15) is 5.56 Å². The number of benzene rings is 1. The van der Waals surface area contributed by atoms with Crippen molar-refractivity contribution in [3.8, 4) is 0 Å². The molecule has 2 rings (SSSR count). The Balaban J connectivity index is 2.38. The number of hydrogen-bond acceptors (Lipinski definition) is 5. The number of aromatic amines is 1. The number of carboxylic acid groups (broad SMARTS) is 1. The van der Waals surface area contributed by atoms with Gasteiger partial charge in [0.05, 0.1) is 11.9 Å². The van der Waals surface area contributed by atoms with Crippen LogP contribution in [0.3, 0.4) is 0 Å². The number of carboxylic acids is 1. The first-order valence-electron chi connectivity index (χ1n) is 5.97. The largest absolute Gasteiger partial charge is 0.478 e. The SMILES string of the molecule is CCSc1ccccc1NS(=O)(=O)c1[nH]ncc1C(=O)O. The number of rotatable bonds is 6. The van der Waals surface area contributed by atoms with Crippen LogP contribution in [0.25, 0.3) is 0 Å². The molecule has 0 amide bonds. The van der Waals surface area contributed by atoms with Crippen molar-refractivity contribution >= 4 is 33.4 Å². The molecule has 9 heteroatoms. The summed E-state index contributed by atoms with van der Waals surface area (Å²) in [6.07, 6.45) is 0.962. The fraction of sp³-hybridized carbons (Fsp3) is 0.167.